The van der Waals surface area contributed by atoms with E-state index in [0.717, 1.165) is 44.6 Å². The Morgan fingerprint density at radius 1 is 1.32 bits per heavy atom. The number of carbonyl (C=O) groups is 1. The molecule has 1 fully saturated rings. The van der Waals surface area contributed by atoms with Gasteiger partial charge in [0, 0.05) is 18.2 Å². The van der Waals surface area contributed by atoms with Crippen molar-refractivity contribution in [2.24, 2.45) is 0 Å². The molecule has 0 unspecified atom stereocenters. The predicted octanol–water partition coefficient (Wildman–Crippen LogP) is 3.24. The van der Waals surface area contributed by atoms with Crippen molar-refractivity contribution in [1.82, 2.24) is 24.5 Å². The van der Waals surface area contributed by atoms with E-state index in [1.165, 1.54) is 12.3 Å². The number of rotatable bonds is 6. The molecule has 1 aromatic carbocycles. The van der Waals surface area contributed by atoms with Crippen LogP contribution in [0.4, 0.5) is 19.1 Å². The molecule has 0 aliphatic carbocycles. The molecule has 1 saturated heterocycles. The van der Waals surface area contributed by atoms with E-state index >= 15 is 0 Å². The second kappa shape index (κ2) is 8.50. The number of likely N-dealkylation sites (tertiary alicyclic amines) is 1. The number of benzene rings is 1. The van der Waals surface area contributed by atoms with Gasteiger partial charge in [-0.25, -0.2) is 4.98 Å². The number of fused-ring (bicyclic) bond motifs is 1. The highest BCUT2D eigenvalue weighted by molar-refractivity contribution is 5.81. The zero-order valence-corrected chi connectivity index (χ0v) is 16.8. The van der Waals surface area contributed by atoms with Gasteiger partial charge in [0.05, 0.1) is 17.3 Å². The van der Waals surface area contributed by atoms with Gasteiger partial charge >= 0.3 is 6.18 Å². The third-order valence-electron chi connectivity index (χ3n) is 5.38. The number of carbonyl (C=O) groups excluding carboxylic acids is 1. The first-order valence-corrected chi connectivity index (χ1v) is 9.90. The lowest BCUT2D eigenvalue weighted by Crippen LogP contribution is -2.42. The van der Waals surface area contributed by atoms with Crippen molar-refractivity contribution >= 4 is 17.9 Å². The Labute approximate surface area is 176 Å². The smallest absolute Gasteiger partial charge is 0.416 e. The highest BCUT2D eigenvalue weighted by Gasteiger charge is 2.32. The number of nitrogens with one attached hydrogen (secondary N) is 1. The van der Waals surface area contributed by atoms with Crippen molar-refractivity contribution in [1.29, 1.82) is 0 Å². The van der Waals surface area contributed by atoms with Gasteiger partial charge in [0.25, 0.3) is 6.47 Å². The quantitative estimate of drug-likeness (QED) is 0.596. The van der Waals surface area contributed by atoms with Crippen LogP contribution in [0.2, 0.25) is 0 Å². The lowest BCUT2D eigenvalue weighted by atomic mass is 10.1. The number of imidazole rings is 1. The van der Waals surface area contributed by atoms with Gasteiger partial charge in [-0.15, -0.1) is 10.2 Å². The van der Waals surface area contributed by atoms with Crippen LogP contribution in [0.5, 0.6) is 5.75 Å². The molecule has 3 heterocycles. The summed E-state index contributed by atoms with van der Waals surface area (Å²) in [6, 6.07) is 3.09. The Balaban J connectivity index is 1.71. The monoisotopic (exact) mass is 434 g/mol. The Kier molecular flexibility index (Phi) is 5.77. The topological polar surface area (TPSA) is 84.6 Å². The van der Waals surface area contributed by atoms with Gasteiger partial charge in [-0.3, -0.25) is 9.20 Å². The molecule has 4 rings (SSSR count). The standard InChI is InChI=1S/C20H21F3N6O2/c1-2-28-7-3-4-14(10-28)25-19-27-26-18(16-9-24-11-29(16)19)15-6-5-13(20(21,22)23)8-17(15)31-12-30/h5-6,8-9,11-12,14H,2-4,7,10H2,1H3,(H,25,27)/t14-/m1/s1. The van der Waals surface area contributed by atoms with Crippen molar-refractivity contribution in [2.45, 2.75) is 32.0 Å². The molecule has 1 atom stereocenters. The van der Waals surface area contributed by atoms with Gasteiger partial charge in [0.2, 0.25) is 5.95 Å². The average Bonchev–Trinajstić information content (AvgIpc) is 3.24. The van der Waals surface area contributed by atoms with Crippen LogP contribution >= 0.6 is 0 Å². The molecule has 1 aliphatic heterocycles. The van der Waals surface area contributed by atoms with Gasteiger partial charge in [0.15, 0.2) is 0 Å². The summed E-state index contributed by atoms with van der Waals surface area (Å²) in [7, 11) is 0. The number of anilines is 1. The molecule has 0 spiro atoms. The largest absolute Gasteiger partial charge is 0.428 e. The van der Waals surface area contributed by atoms with Crippen LogP contribution < -0.4 is 10.1 Å². The van der Waals surface area contributed by atoms with Crippen LogP contribution in [0.3, 0.4) is 0 Å². The Bertz CT molecular complexity index is 1080. The van der Waals surface area contributed by atoms with Crippen LogP contribution in [-0.2, 0) is 11.0 Å². The fourth-order valence-corrected chi connectivity index (χ4v) is 3.81. The number of halogens is 3. The normalized spacial score (nSPS) is 17.6. The van der Waals surface area contributed by atoms with Crippen molar-refractivity contribution < 1.29 is 22.7 Å². The van der Waals surface area contributed by atoms with E-state index < -0.39 is 11.7 Å². The maximum atomic E-state index is 13.1. The summed E-state index contributed by atoms with van der Waals surface area (Å²) in [5, 5.41) is 11.9. The summed E-state index contributed by atoms with van der Waals surface area (Å²) in [4.78, 5) is 17.4. The van der Waals surface area contributed by atoms with E-state index in [-0.39, 0.29) is 29.5 Å². The summed E-state index contributed by atoms with van der Waals surface area (Å²) in [6.07, 6.45) is 0.586. The van der Waals surface area contributed by atoms with E-state index in [4.69, 9.17) is 4.74 Å². The van der Waals surface area contributed by atoms with Crippen LogP contribution in [0, 0.1) is 0 Å². The van der Waals surface area contributed by atoms with E-state index in [1.54, 1.807) is 10.7 Å². The number of aromatic nitrogens is 4. The van der Waals surface area contributed by atoms with Gasteiger partial charge in [0.1, 0.15) is 17.8 Å². The van der Waals surface area contributed by atoms with Gasteiger partial charge in [-0.05, 0) is 44.1 Å². The Hall–Kier alpha value is -3.21. The third kappa shape index (κ3) is 4.31. The number of hydrogen-bond donors (Lipinski definition) is 1. The van der Waals surface area contributed by atoms with Crippen LogP contribution in [0.15, 0.2) is 30.7 Å². The van der Waals surface area contributed by atoms with Crippen molar-refractivity contribution in [3.63, 3.8) is 0 Å². The first-order chi connectivity index (χ1) is 14.9. The van der Waals surface area contributed by atoms with E-state index in [0.29, 0.717) is 11.5 Å². The first-order valence-electron chi connectivity index (χ1n) is 9.90. The third-order valence-corrected chi connectivity index (χ3v) is 5.38. The molecule has 0 radical (unpaired) electrons. The summed E-state index contributed by atoms with van der Waals surface area (Å²) in [5.41, 5.74) is 0.0599. The molecule has 11 heteroatoms. The minimum atomic E-state index is -4.57. The molecule has 3 aromatic rings. The first kappa shape index (κ1) is 21.0. The zero-order valence-electron chi connectivity index (χ0n) is 16.8. The van der Waals surface area contributed by atoms with Gasteiger partial charge in [-0.1, -0.05) is 6.92 Å². The molecule has 2 aromatic heterocycles. The van der Waals surface area contributed by atoms with Gasteiger partial charge in [-0.2, -0.15) is 13.2 Å². The number of hydrogen-bond acceptors (Lipinski definition) is 7. The fourth-order valence-electron chi connectivity index (χ4n) is 3.81. The van der Waals surface area contributed by atoms with Crippen molar-refractivity contribution in [3.05, 3.63) is 36.3 Å². The Morgan fingerprint density at radius 2 is 2.16 bits per heavy atom. The predicted molar refractivity (Wildman–Crippen MR) is 107 cm³/mol. The number of nitrogens with zero attached hydrogens (tertiary/aromatic N) is 5. The molecule has 8 nitrogen and oxygen atoms in total. The molecule has 0 saturated carbocycles. The van der Waals surface area contributed by atoms with Crippen LogP contribution in [-0.4, -0.2) is 56.6 Å². The molecule has 0 amide bonds. The summed E-state index contributed by atoms with van der Waals surface area (Å²) >= 11 is 0. The van der Waals surface area contributed by atoms with E-state index in [2.05, 4.69) is 32.3 Å². The number of alkyl halides is 3. The highest BCUT2D eigenvalue weighted by Crippen LogP contribution is 2.37. The minimum Gasteiger partial charge on any atom is -0.428 e. The maximum absolute atomic E-state index is 13.1. The summed E-state index contributed by atoms with van der Waals surface area (Å²) < 4.78 is 45.7. The second-order valence-electron chi connectivity index (χ2n) is 7.32. The van der Waals surface area contributed by atoms with Gasteiger partial charge < -0.3 is 15.0 Å². The van der Waals surface area contributed by atoms with E-state index in [9.17, 15) is 18.0 Å². The summed E-state index contributed by atoms with van der Waals surface area (Å²) in [6.45, 7) is 5.11. The molecule has 1 N–H and O–H groups in total. The molecule has 164 valence electrons. The number of likely N-dealkylation sites (N-methyl/N-ethyl adjacent to an activating group) is 1. The molecular weight excluding hydrogens is 413 g/mol. The van der Waals surface area contributed by atoms with Crippen LogP contribution in [0.25, 0.3) is 16.8 Å². The second-order valence-corrected chi connectivity index (χ2v) is 7.32. The van der Waals surface area contributed by atoms with Crippen molar-refractivity contribution in [2.75, 3.05) is 25.0 Å². The average molecular weight is 434 g/mol. The Morgan fingerprint density at radius 3 is 2.90 bits per heavy atom. The SMILES string of the molecule is CCN1CCC[C@@H](Nc2nnc(-c3ccc(C(F)(F)F)cc3OC=O)c3cncn23)C1. The minimum absolute atomic E-state index is 0.0818. The van der Waals surface area contributed by atoms with Crippen LogP contribution in [0.1, 0.15) is 25.3 Å². The lowest BCUT2D eigenvalue weighted by molar-refractivity contribution is -0.138. The zero-order chi connectivity index (χ0) is 22.0. The summed E-state index contributed by atoms with van der Waals surface area (Å²) in [5.74, 6) is 0.234. The molecular formula is C20H21F3N6O2. The highest BCUT2D eigenvalue weighted by atomic mass is 19.4. The maximum Gasteiger partial charge on any atom is 0.416 e. The molecule has 1 aliphatic rings. The number of piperidine rings is 1. The van der Waals surface area contributed by atoms with Crippen molar-refractivity contribution in [3.8, 4) is 17.0 Å². The molecule has 31 heavy (non-hydrogen) atoms. The fraction of sp³-hybridized carbons (Fsp3) is 0.400. The van der Waals surface area contributed by atoms with E-state index in [1.807, 2.05) is 0 Å². The molecule has 0 bridgehead atoms. The number of ether oxygens (including phenoxy) is 1. The lowest BCUT2D eigenvalue weighted by Gasteiger charge is -2.32.